The van der Waals surface area contributed by atoms with Gasteiger partial charge < -0.3 is 40.9 Å². The van der Waals surface area contributed by atoms with Gasteiger partial charge in [-0.05, 0) is 175 Å². The molecule has 4 N–H and O–H groups in total. The number of rotatable bonds is 18. The van der Waals surface area contributed by atoms with E-state index < -0.39 is 0 Å². The molecule has 2 aliphatic rings. The molecule has 0 aliphatic heterocycles. The van der Waals surface area contributed by atoms with E-state index >= 15 is 0 Å². The zero-order valence-electron chi connectivity index (χ0n) is 45.6. The second-order valence-corrected chi connectivity index (χ2v) is 21.2. The molecule has 408 valence electrons. The molecule has 6 atom stereocenters. The Bertz CT molecular complexity index is 2680. The van der Waals surface area contributed by atoms with Gasteiger partial charge in [0.1, 0.15) is 11.6 Å². The van der Waals surface area contributed by atoms with Gasteiger partial charge in [-0.3, -0.25) is 19.0 Å². The number of benzene rings is 4. The normalized spacial score (nSPS) is 19.5. The van der Waals surface area contributed by atoms with Gasteiger partial charge in [-0.25, -0.2) is 18.4 Å². The van der Waals surface area contributed by atoms with Crippen molar-refractivity contribution in [2.75, 3.05) is 65.0 Å². The van der Waals surface area contributed by atoms with Gasteiger partial charge in [0.2, 0.25) is 11.8 Å². The van der Waals surface area contributed by atoms with Crippen LogP contribution in [0, 0.1) is 23.5 Å². The smallest absolute Gasteiger partial charge is 0.319 e. The Balaban J connectivity index is 0.000000221. The second kappa shape index (κ2) is 26.7. The standard InChI is InChI=1S/2C29H39FN6O2/c2*1-20(37)35(3)26-12-13-27(33-29(38)32-25-11-14-28-22(16-25)18-31-36(28)4)23(17-26)19-34(2)15-5-6-21-7-9-24(30)10-8-21/h2*7-11,14,16,18,23,26-27H,5-6,12-13,15,17,19H2,1-4H3,(H2,32,33,38)/t23-,26+,27+;23-,26-,27+/m00/s1. The molecule has 16 nitrogen and oxygen atoms in total. The van der Waals surface area contributed by atoms with Gasteiger partial charge in [-0.15, -0.1) is 0 Å². The van der Waals surface area contributed by atoms with Crippen molar-refractivity contribution in [3.63, 3.8) is 0 Å². The van der Waals surface area contributed by atoms with Crippen LogP contribution in [0.1, 0.15) is 76.3 Å². The number of hydrogen-bond acceptors (Lipinski definition) is 8. The highest BCUT2D eigenvalue weighted by molar-refractivity contribution is 5.93. The Morgan fingerprint density at radius 1 is 0.566 bits per heavy atom. The molecule has 6 amide bonds. The lowest BCUT2D eigenvalue weighted by molar-refractivity contribution is -0.131. The molecular formula is C58H78F2N12O4. The summed E-state index contributed by atoms with van der Waals surface area (Å²) in [6.07, 6.45) is 12.3. The number of aryl methyl sites for hydroxylation is 4. The molecule has 76 heavy (non-hydrogen) atoms. The molecule has 2 fully saturated rings. The van der Waals surface area contributed by atoms with E-state index in [9.17, 15) is 28.0 Å². The van der Waals surface area contributed by atoms with Crippen LogP contribution in [0.4, 0.5) is 29.7 Å². The van der Waals surface area contributed by atoms with Gasteiger partial charge >= 0.3 is 12.1 Å². The lowest BCUT2D eigenvalue weighted by Crippen LogP contribution is -2.52. The van der Waals surface area contributed by atoms with Gasteiger partial charge in [0, 0.05) is 101 Å². The molecule has 2 aliphatic carbocycles. The number of carbonyl (C=O) groups is 4. The number of amides is 6. The molecule has 0 saturated heterocycles. The Morgan fingerprint density at radius 2 is 0.947 bits per heavy atom. The molecule has 2 heterocycles. The zero-order valence-corrected chi connectivity index (χ0v) is 45.6. The van der Waals surface area contributed by atoms with E-state index in [-0.39, 0.29) is 71.5 Å². The fraction of sp³-hybridized carbons (Fsp3) is 0.483. The first kappa shape index (κ1) is 56.8. The van der Waals surface area contributed by atoms with Crippen molar-refractivity contribution in [2.24, 2.45) is 25.9 Å². The number of carbonyl (C=O) groups excluding carboxylic acids is 4. The Kier molecular flexibility index (Phi) is 20.0. The quantitative estimate of drug-likeness (QED) is 0.0664. The van der Waals surface area contributed by atoms with Crippen molar-refractivity contribution in [3.8, 4) is 0 Å². The summed E-state index contributed by atoms with van der Waals surface area (Å²) in [5, 5.41) is 22.9. The molecule has 0 unspecified atom stereocenters. The predicted octanol–water partition coefficient (Wildman–Crippen LogP) is 8.83. The van der Waals surface area contributed by atoms with Crippen molar-refractivity contribution in [2.45, 2.75) is 102 Å². The number of nitrogens with one attached hydrogen (secondary N) is 4. The lowest BCUT2D eigenvalue weighted by atomic mass is 9.80. The van der Waals surface area contributed by atoms with Crippen LogP contribution in [0.2, 0.25) is 0 Å². The van der Waals surface area contributed by atoms with Gasteiger partial charge in [-0.1, -0.05) is 24.3 Å². The highest BCUT2D eigenvalue weighted by Crippen LogP contribution is 2.31. The zero-order chi connectivity index (χ0) is 54.5. The summed E-state index contributed by atoms with van der Waals surface area (Å²) in [5.41, 5.74) is 5.71. The van der Waals surface area contributed by atoms with Crippen LogP contribution in [-0.4, -0.2) is 142 Å². The minimum atomic E-state index is -0.222. The summed E-state index contributed by atoms with van der Waals surface area (Å²) in [6.45, 7) is 6.63. The van der Waals surface area contributed by atoms with Crippen molar-refractivity contribution < 1.29 is 28.0 Å². The largest absolute Gasteiger partial charge is 0.343 e. The average Bonchev–Trinajstić information content (AvgIpc) is 3.95. The molecule has 4 aromatic carbocycles. The maximum atomic E-state index is 13.2. The van der Waals surface area contributed by atoms with Crippen LogP contribution in [0.3, 0.4) is 0 Å². The number of nitrogens with zero attached hydrogens (tertiary/aromatic N) is 8. The molecule has 0 spiro atoms. The number of anilines is 2. The third kappa shape index (κ3) is 16.1. The third-order valence-corrected chi connectivity index (χ3v) is 15.6. The molecule has 0 radical (unpaired) electrons. The highest BCUT2D eigenvalue weighted by Gasteiger charge is 2.36. The Labute approximate surface area is 446 Å². The Hall–Kier alpha value is -6.92. The van der Waals surface area contributed by atoms with Gasteiger partial charge in [0.25, 0.3) is 0 Å². The van der Waals surface area contributed by atoms with E-state index in [0.717, 1.165) is 135 Å². The molecule has 8 rings (SSSR count). The van der Waals surface area contributed by atoms with Crippen molar-refractivity contribution >= 4 is 57.1 Å². The predicted molar refractivity (Wildman–Crippen MR) is 297 cm³/mol. The number of urea groups is 2. The van der Waals surface area contributed by atoms with Crippen LogP contribution in [0.25, 0.3) is 21.8 Å². The first-order valence-corrected chi connectivity index (χ1v) is 26.7. The first-order valence-electron chi connectivity index (χ1n) is 26.7. The average molecular weight is 1050 g/mol. The maximum Gasteiger partial charge on any atom is 0.319 e. The van der Waals surface area contributed by atoms with E-state index in [1.54, 1.807) is 35.6 Å². The van der Waals surface area contributed by atoms with Gasteiger partial charge in [0.15, 0.2) is 0 Å². The lowest BCUT2D eigenvalue weighted by Gasteiger charge is -2.41. The fourth-order valence-corrected chi connectivity index (χ4v) is 11.0. The summed E-state index contributed by atoms with van der Waals surface area (Å²) in [4.78, 5) is 58.3. The highest BCUT2D eigenvalue weighted by atomic mass is 19.1. The van der Waals surface area contributed by atoms with Gasteiger partial charge in [0.05, 0.1) is 23.4 Å². The van der Waals surface area contributed by atoms with Crippen LogP contribution in [-0.2, 0) is 36.5 Å². The number of halogens is 2. The molecule has 2 aromatic heterocycles. The molecular weight excluding hydrogens is 967 g/mol. The molecule has 18 heteroatoms. The Morgan fingerprint density at radius 3 is 1.32 bits per heavy atom. The van der Waals surface area contributed by atoms with E-state index in [0.29, 0.717) is 0 Å². The van der Waals surface area contributed by atoms with E-state index in [1.165, 1.54) is 24.3 Å². The molecule has 2 saturated carbocycles. The summed E-state index contributed by atoms with van der Waals surface area (Å²) >= 11 is 0. The fourth-order valence-electron chi connectivity index (χ4n) is 11.0. The summed E-state index contributed by atoms with van der Waals surface area (Å²) in [7, 11) is 11.7. The summed E-state index contributed by atoms with van der Waals surface area (Å²) < 4.78 is 30.0. The minimum Gasteiger partial charge on any atom is -0.343 e. The molecule has 0 bridgehead atoms. The van der Waals surface area contributed by atoms with E-state index in [2.05, 4.69) is 55.4 Å². The van der Waals surface area contributed by atoms with Crippen LogP contribution in [0.5, 0.6) is 0 Å². The molecule has 6 aromatic rings. The third-order valence-electron chi connectivity index (χ3n) is 15.6. The van der Waals surface area contributed by atoms with E-state index in [4.69, 9.17) is 0 Å². The van der Waals surface area contributed by atoms with E-state index in [1.807, 2.05) is 98.7 Å². The summed E-state index contributed by atoms with van der Waals surface area (Å²) in [6, 6.07) is 24.8. The van der Waals surface area contributed by atoms with Gasteiger partial charge in [-0.2, -0.15) is 10.2 Å². The van der Waals surface area contributed by atoms with Crippen LogP contribution >= 0.6 is 0 Å². The van der Waals surface area contributed by atoms with Crippen molar-refractivity contribution in [3.05, 3.63) is 120 Å². The topological polar surface area (TPSA) is 165 Å². The van der Waals surface area contributed by atoms with Crippen molar-refractivity contribution in [1.82, 2.24) is 49.8 Å². The first-order chi connectivity index (χ1) is 36.4. The van der Waals surface area contributed by atoms with Crippen molar-refractivity contribution in [1.29, 1.82) is 0 Å². The SMILES string of the molecule is CC(=O)N(C)[C@@H]1CC[C@@H](NC(=O)Nc2ccc3c(cnn3C)c2)[C@H](CN(C)CCCc2ccc(F)cc2)C1.CC(=O)N(C)[C@H]1CC[C@@H](NC(=O)Nc2ccc3c(cnn3C)c2)[C@H](CN(C)CCCc2ccc(F)cc2)C1. The number of hydrogen-bond donors (Lipinski definition) is 4. The minimum absolute atomic E-state index is 0.00767. The monoisotopic (exact) mass is 1040 g/mol. The van der Waals surface area contributed by atoms with Crippen LogP contribution in [0.15, 0.2) is 97.3 Å². The summed E-state index contributed by atoms with van der Waals surface area (Å²) in [5.74, 6) is 0.116. The number of fused-ring (bicyclic) bond motifs is 2. The number of aromatic nitrogens is 4. The second-order valence-electron chi connectivity index (χ2n) is 21.2. The van der Waals surface area contributed by atoms with Crippen LogP contribution < -0.4 is 21.3 Å². The maximum absolute atomic E-state index is 13.2.